The van der Waals surface area contributed by atoms with Crippen molar-refractivity contribution in [3.8, 4) is 0 Å². The summed E-state index contributed by atoms with van der Waals surface area (Å²) >= 11 is 0. The number of rotatable bonds is 5. The number of anilines is 3. The van der Waals surface area contributed by atoms with E-state index in [1.54, 1.807) is 13.0 Å². The maximum atomic E-state index is 11.6. The molecule has 3 rings (SSSR count). The highest BCUT2D eigenvalue weighted by atomic mass is 32.2. The molecule has 7 nitrogen and oxygen atoms in total. The van der Waals surface area contributed by atoms with Crippen molar-refractivity contribution in [1.29, 1.82) is 0 Å². The third-order valence-electron chi connectivity index (χ3n) is 4.26. The molecular weight excluding hydrogens is 338 g/mol. The molecule has 8 heteroatoms. The van der Waals surface area contributed by atoms with E-state index in [2.05, 4.69) is 55.9 Å². The molecule has 0 atom stereocenters. The second-order valence-electron chi connectivity index (χ2n) is 6.10. The fourth-order valence-electron chi connectivity index (χ4n) is 2.80. The molecule has 0 spiro atoms. The Morgan fingerprint density at radius 2 is 1.76 bits per heavy atom. The first-order chi connectivity index (χ1) is 12.0. The predicted molar refractivity (Wildman–Crippen MR) is 101 cm³/mol. The van der Waals surface area contributed by atoms with Crippen LogP contribution in [0.3, 0.4) is 0 Å². The van der Waals surface area contributed by atoms with Gasteiger partial charge in [-0.05, 0) is 43.7 Å². The van der Waals surface area contributed by atoms with Crippen LogP contribution in [0.1, 0.15) is 12.5 Å². The molecule has 0 radical (unpaired) electrons. The van der Waals surface area contributed by atoms with Crippen LogP contribution in [0.5, 0.6) is 0 Å². The van der Waals surface area contributed by atoms with Crippen LogP contribution < -0.4 is 14.5 Å². The summed E-state index contributed by atoms with van der Waals surface area (Å²) in [6, 6.07) is 12.0. The quantitative estimate of drug-likeness (QED) is 0.876. The summed E-state index contributed by atoms with van der Waals surface area (Å²) in [5, 5.41) is 8.14. The van der Waals surface area contributed by atoms with Gasteiger partial charge >= 0.3 is 0 Å². The molecule has 2 heterocycles. The molecule has 1 N–H and O–H groups in total. The van der Waals surface area contributed by atoms with Gasteiger partial charge in [-0.15, -0.1) is 10.2 Å². The van der Waals surface area contributed by atoms with Crippen LogP contribution in [0.2, 0.25) is 0 Å². The average Bonchev–Trinajstić information content (AvgIpc) is 2.62. The summed E-state index contributed by atoms with van der Waals surface area (Å²) in [5.41, 5.74) is 2.51. The van der Waals surface area contributed by atoms with Crippen molar-refractivity contribution in [3.05, 3.63) is 42.0 Å². The maximum Gasteiger partial charge on any atom is 0.233 e. The van der Waals surface area contributed by atoms with Gasteiger partial charge in [0, 0.05) is 31.9 Å². The SMILES string of the molecule is CCS(=O)(=O)Nc1ccc(N2CCN(c3cccc(C)c3)CC2)nn1. The molecule has 1 aliphatic rings. The van der Waals surface area contributed by atoms with Gasteiger partial charge in [0.15, 0.2) is 11.6 Å². The zero-order valence-electron chi connectivity index (χ0n) is 14.5. The molecule has 1 saturated heterocycles. The van der Waals surface area contributed by atoms with E-state index in [4.69, 9.17) is 0 Å². The highest BCUT2D eigenvalue weighted by Crippen LogP contribution is 2.20. The standard InChI is InChI=1S/C17H23N5O2S/c1-3-25(23,24)20-16-7-8-17(19-18-16)22-11-9-21(10-12-22)15-6-4-5-14(2)13-15/h4-8,13H,3,9-12H2,1-2H3,(H,18,20). The minimum Gasteiger partial charge on any atom is -0.368 e. The van der Waals surface area contributed by atoms with E-state index in [-0.39, 0.29) is 11.6 Å². The van der Waals surface area contributed by atoms with Gasteiger partial charge in [0.2, 0.25) is 10.0 Å². The lowest BCUT2D eigenvalue weighted by Gasteiger charge is -2.36. The van der Waals surface area contributed by atoms with E-state index in [9.17, 15) is 8.42 Å². The lowest BCUT2D eigenvalue weighted by atomic mass is 10.2. The maximum absolute atomic E-state index is 11.6. The average molecular weight is 361 g/mol. The Morgan fingerprint density at radius 1 is 1.04 bits per heavy atom. The fraction of sp³-hybridized carbons (Fsp3) is 0.412. The number of hydrogen-bond donors (Lipinski definition) is 1. The van der Waals surface area contributed by atoms with E-state index < -0.39 is 10.0 Å². The number of aromatic nitrogens is 2. The van der Waals surface area contributed by atoms with Crippen molar-refractivity contribution in [2.45, 2.75) is 13.8 Å². The number of aryl methyl sites for hydroxylation is 1. The minimum atomic E-state index is -3.32. The summed E-state index contributed by atoms with van der Waals surface area (Å²) in [6.07, 6.45) is 0. The number of nitrogens with zero attached hydrogens (tertiary/aromatic N) is 4. The number of piperazine rings is 1. The van der Waals surface area contributed by atoms with Crippen LogP contribution in [0.25, 0.3) is 0 Å². The molecule has 0 aliphatic carbocycles. The van der Waals surface area contributed by atoms with Crippen LogP contribution in [0.4, 0.5) is 17.3 Å². The Hall–Kier alpha value is -2.35. The fourth-order valence-corrected chi connectivity index (χ4v) is 3.37. The lowest BCUT2D eigenvalue weighted by molar-refractivity contribution is 0.602. The molecule has 0 saturated carbocycles. The molecule has 0 bridgehead atoms. The first-order valence-electron chi connectivity index (χ1n) is 8.37. The van der Waals surface area contributed by atoms with E-state index >= 15 is 0 Å². The van der Waals surface area contributed by atoms with Crippen LogP contribution in [-0.4, -0.2) is 50.5 Å². The number of nitrogens with one attached hydrogen (secondary N) is 1. The summed E-state index contributed by atoms with van der Waals surface area (Å²) in [5.74, 6) is 1.03. The van der Waals surface area contributed by atoms with Crippen molar-refractivity contribution >= 4 is 27.3 Å². The van der Waals surface area contributed by atoms with Gasteiger partial charge in [0.25, 0.3) is 0 Å². The molecule has 1 aromatic carbocycles. The summed E-state index contributed by atoms with van der Waals surface area (Å²) in [4.78, 5) is 4.53. The zero-order valence-corrected chi connectivity index (χ0v) is 15.3. The van der Waals surface area contributed by atoms with Gasteiger partial charge in [-0.2, -0.15) is 0 Å². The Balaban J connectivity index is 1.61. The van der Waals surface area contributed by atoms with Gasteiger partial charge in [0.05, 0.1) is 5.75 Å². The first kappa shape index (κ1) is 17.5. The van der Waals surface area contributed by atoms with E-state index in [0.29, 0.717) is 0 Å². The highest BCUT2D eigenvalue weighted by molar-refractivity contribution is 7.92. The lowest BCUT2D eigenvalue weighted by Crippen LogP contribution is -2.46. The van der Waals surface area contributed by atoms with E-state index in [1.165, 1.54) is 11.3 Å². The van der Waals surface area contributed by atoms with Crippen molar-refractivity contribution < 1.29 is 8.42 Å². The smallest absolute Gasteiger partial charge is 0.233 e. The minimum absolute atomic E-state index is 0.0113. The second-order valence-corrected chi connectivity index (χ2v) is 8.11. The normalized spacial score (nSPS) is 15.3. The van der Waals surface area contributed by atoms with Crippen LogP contribution in [0.15, 0.2) is 36.4 Å². The van der Waals surface area contributed by atoms with Gasteiger partial charge in [-0.3, -0.25) is 4.72 Å². The summed E-state index contributed by atoms with van der Waals surface area (Å²) < 4.78 is 25.5. The monoisotopic (exact) mass is 361 g/mol. The Morgan fingerprint density at radius 3 is 2.36 bits per heavy atom. The molecule has 25 heavy (non-hydrogen) atoms. The third-order valence-corrected chi connectivity index (χ3v) is 5.54. The topological polar surface area (TPSA) is 78.4 Å². The molecule has 0 unspecified atom stereocenters. The molecule has 1 aromatic heterocycles. The Labute approximate surface area is 148 Å². The Kier molecular flexibility index (Phi) is 5.08. The van der Waals surface area contributed by atoms with Crippen LogP contribution >= 0.6 is 0 Å². The van der Waals surface area contributed by atoms with Gasteiger partial charge in [-0.1, -0.05) is 12.1 Å². The van der Waals surface area contributed by atoms with Crippen molar-refractivity contribution in [2.24, 2.45) is 0 Å². The molecule has 134 valence electrons. The molecule has 1 fully saturated rings. The highest BCUT2D eigenvalue weighted by Gasteiger charge is 2.19. The summed E-state index contributed by atoms with van der Waals surface area (Å²) in [7, 11) is -3.32. The van der Waals surface area contributed by atoms with Crippen molar-refractivity contribution in [3.63, 3.8) is 0 Å². The number of sulfonamides is 1. The van der Waals surface area contributed by atoms with E-state index in [1.807, 2.05) is 6.07 Å². The molecule has 0 amide bonds. The predicted octanol–water partition coefficient (Wildman–Crippen LogP) is 1.87. The van der Waals surface area contributed by atoms with Crippen molar-refractivity contribution in [2.75, 3.05) is 46.5 Å². The first-order valence-corrected chi connectivity index (χ1v) is 10.0. The molecule has 2 aromatic rings. The summed E-state index contributed by atoms with van der Waals surface area (Å²) in [6.45, 7) is 7.21. The van der Waals surface area contributed by atoms with Gasteiger partial charge < -0.3 is 9.80 Å². The number of benzene rings is 1. The molecular formula is C17H23N5O2S. The largest absolute Gasteiger partial charge is 0.368 e. The van der Waals surface area contributed by atoms with Gasteiger partial charge in [-0.25, -0.2) is 8.42 Å². The third kappa shape index (κ3) is 4.39. The zero-order chi connectivity index (χ0) is 17.9. The Bertz CT molecular complexity index is 815. The van der Waals surface area contributed by atoms with Crippen LogP contribution in [0, 0.1) is 6.92 Å². The molecule has 1 aliphatic heterocycles. The van der Waals surface area contributed by atoms with Gasteiger partial charge in [0.1, 0.15) is 0 Å². The van der Waals surface area contributed by atoms with Crippen LogP contribution in [-0.2, 0) is 10.0 Å². The number of hydrogen-bond acceptors (Lipinski definition) is 6. The van der Waals surface area contributed by atoms with E-state index in [0.717, 1.165) is 32.0 Å². The second kappa shape index (κ2) is 7.26. The van der Waals surface area contributed by atoms with Crippen molar-refractivity contribution in [1.82, 2.24) is 10.2 Å².